The first-order valence-corrected chi connectivity index (χ1v) is 4.48. The van der Waals surface area contributed by atoms with E-state index in [1.165, 1.54) is 10.9 Å². The van der Waals surface area contributed by atoms with E-state index in [1.54, 1.807) is 0 Å². The maximum Gasteiger partial charge on any atom is 0.323 e. The Balaban J connectivity index is 2.15. The zero-order valence-electron chi connectivity index (χ0n) is 7.59. The first kappa shape index (κ1) is 9.14. The molecule has 0 spiro atoms. The first-order chi connectivity index (χ1) is 6.77. The van der Waals surface area contributed by atoms with Gasteiger partial charge in [0, 0.05) is 6.61 Å². The highest BCUT2D eigenvalue weighted by molar-refractivity contribution is 5.66. The zero-order chi connectivity index (χ0) is 9.97. The second-order valence-electron chi connectivity index (χ2n) is 3.21. The van der Waals surface area contributed by atoms with Crippen molar-refractivity contribution < 1.29 is 14.6 Å². The van der Waals surface area contributed by atoms with Gasteiger partial charge in [-0.3, -0.25) is 4.79 Å². The summed E-state index contributed by atoms with van der Waals surface area (Å²) in [6.07, 6.45) is 3.21. The van der Waals surface area contributed by atoms with Crippen molar-refractivity contribution in [3.63, 3.8) is 0 Å². The van der Waals surface area contributed by atoms with Gasteiger partial charge in [0.05, 0.1) is 0 Å². The van der Waals surface area contributed by atoms with Gasteiger partial charge in [0.15, 0.2) is 5.82 Å². The number of rotatable bonds is 3. The van der Waals surface area contributed by atoms with Crippen molar-refractivity contribution in [2.45, 2.75) is 25.5 Å². The fourth-order valence-corrected chi connectivity index (χ4v) is 1.56. The summed E-state index contributed by atoms with van der Waals surface area (Å²) in [5.74, 6) is -0.283. The number of hydrogen-bond donors (Lipinski definition) is 1. The van der Waals surface area contributed by atoms with E-state index >= 15 is 0 Å². The number of carboxylic acids is 1. The van der Waals surface area contributed by atoms with Crippen LogP contribution in [0.25, 0.3) is 0 Å². The standard InChI is InChI=1S/C8H11N3O3/c12-7(13)4-11-5-9-10-8(11)6-2-1-3-14-6/h5-6H,1-4H2,(H,12,13). The summed E-state index contributed by atoms with van der Waals surface area (Å²) in [5.41, 5.74) is 0. The van der Waals surface area contributed by atoms with E-state index in [0.717, 1.165) is 12.8 Å². The lowest BCUT2D eigenvalue weighted by Crippen LogP contribution is -2.13. The van der Waals surface area contributed by atoms with E-state index in [9.17, 15) is 4.79 Å². The maximum atomic E-state index is 10.5. The number of ether oxygens (including phenoxy) is 1. The molecule has 1 aromatic rings. The van der Waals surface area contributed by atoms with Gasteiger partial charge >= 0.3 is 5.97 Å². The van der Waals surface area contributed by atoms with Gasteiger partial charge in [0.25, 0.3) is 0 Å². The normalized spacial score (nSPS) is 21.3. The van der Waals surface area contributed by atoms with Gasteiger partial charge in [-0.2, -0.15) is 0 Å². The molecule has 1 unspecified atom stereocenters. The van der Waals surface area contributed by atoms with Gasteiger partial charge in [0.2, 0.25) is 0 Å². The predicted molar refractivity (Wildman–Crippen MR) is 45.6 cm³/mol. The Labute approximate surface area is 80.5 Å². The monoisotopic (exact) mass is 197 g/mol. The number of aromatic nitrogens is 3. The highest BCUT2D eigenvalue weighted by Crippen LogP contribution is 2.26. The second kappa shape index (κ2) is 3.75. The largest absolute Gasteiger partial charge is 0.480 e. The predicted octanol–water partition coefficient (Wildman–Crippen LogP) is 0.214. The topological polar surface area (TPSA) is 77.2 Å². The van der Waals surface area contributed by atoms with E-state index in [2.05, 4.69) is 10.2 Å². The van der Waals surface area contributed by atoms with Crippen LogP contribution in [-0.4, -0.2) is 32.4 Å². The summed E-state index contributed by atoms with van der Waals surface area (Å²) in [6, 6.07) is 0. The van der Waals surface area contributed by atoms with Crippen LogP contribution in [0.1, 0.15) is 24.8 Å². The van der Waals surface area contributed by atoms with Crippen LogP contribution in [0, 0.1) is 0 Å². The molecule has 1 aliphatic rings. The molecular formula is C8H11N3O3. The van der Waals surface area contributed by atoms with Gasteiger partial charge < -0.3 is 14.4 Å². The Morgan fingerprint density at radius 1 is 1.79 bits per heavy atom. The molecule has 76 valence electrons. The molecule has 1 aliphatic heterocycles. The number of nitrogens with zero attached hydrogens (tertiary/aromatic N) is 3. The fourth-order valence-electron chi connectivity index (χ4n) is 1.56. The Bertz CT molecular complexity index is 330. The summed E-state index contributed by atoms with van der Waals surface area (Å²) in [7, 11) is 0. The van der Waals surface area contributed by atoms with Crippen LogP contribution in [0.4, 0.5) is 0 Å². The third kappa shape index (κ3) is 1.74. The average molecular weight is 197 g/mol. The molecule has 1 N–H and O–H groups in total. The minimum absolute atomic E-state index is 0.0863. The number of aliphatic carboxylic acids is 1. The van der Waals surface area contributed by atoms with Gasteiger partial charge in [-0.25, -0.2) is 0 Å². The van der Waals surface area contributed by atoms with Crippen LogP contribution < -0.4 is 0 Å². The molecule has 1 aromatic heterocycles. The molecule has 6 heteroatoms. The van der Waals surface area contributed by atoms with E-state index in [1.807, 2.05) is 0 Å². The van der Waals surface area contributed by atoms with Crippen LogP contribution in [0.15, 0.2) is 6.33 Å². The SMILES string of the molecule is O=C(O)Cn1cnnc1C1CCCO1. The van der Waals surface area contributed by atoms with Crippen molar-refractivity contribution >= 4 is 5.97 Å². The molecule has 1 atom stereocenters. The summed E-state index contributed by atoms with van der Waals surface area (Å²) in [4.78, 5) is 10.5. The molecule has 2 heterocycles. The number of carboxylic acid groups (broad SMARTS) is 1. The molecule has 0 amide bonds. The third-order valence-electron chi connectivity index (χ3n) is 2.17. The van der Waals surface area contributed by atoms with Crippen molar-refractivity contribution in [2.24, 2.45) is 0 Å². The van der Waals surface area contributed by atoms with E-state index in [-0.39, 0.29) is 12.6 Å². The molecular weight excluding hydrogens is 186 g/mol. The zero-order valence-corrected chi connectivity index (χ0v) is 7.59. The lowest BCUT2D eigenvalue weighted by Gasteiger charge is -2.08. The second-order valence-corrected chi connectivity index (χ2v) is 3.21. The van der Waals surface area contributed by atoms with Crippen molar-refractivity contribution in [3.8, 4) is 0 Å². The molecule has 0 aliphatic carbocycles. The quantitative estimate of drug-likeness (QED) is 0.749. The summed E-state index contributed by atoms with van der Waals surface area (Å²) in [5, 5.41) is 16.2. The number of carbonyl (C=O) groups is 1. The molecule has 1 fully saturated rings. The lowest BCUT2D eigenvalue weighted by molar-refractivity contribution is -0.137. The molecule has 1 saturated heterocycles. The highest BCUT2D eigenvalue weighted by atomic mass is 16.5. The van der Waals surface area contributed by atoms with Gasteiger partial charge in [-0.05, 0) is 12.8 Å². The lowest BCUT2D eigenvalue weighted by atomic mass is 10.2. The van der Waals surface area contributed by atoms with Crippen LogP contribution >= 0.6 is 0 Å². The summed E-state index contributed by atoms with van der Waals surface area (Å²) >= 11 is 0. The Kier molecular flexibility index (Phi) is 2.45. The van der Waals surface area contributed by atoms with Crippen molar-refractivity contribution in [3.05, 3.63) is 12.2 Å². The highest BCUT2D eigenvalue weighted by Gasteiger charge is 2.23. The molecule has 0 radical (unpaired) electrons. The van der Waals surface area contributed by atoms with Crippen LogP contribution in [0.5, 0.6) is 0 Å². The smallest absolute Gasteiger partial charge is 0.323 e. The van der Waals surface area contributed by atoms with Crippen LogP contribution in [0.2, 0.25) is 0 Å². The summed E-state index contributed by atoms with van der Waals surface area (Å²) in [6.45, 7) is 0.604. The van der Waals surface area contributed by atoms with E-state index < -0.39 is 5.97 Å². The van der Waals surface area contributed by atoms with Crippen LogP contribution in [-0.2, 0) is 16.1 Å². The maximum absolute atomic E-state index is 10.5. The Morgan fingerprint density at radius 2 is 2.64 bits per heavy atom. The third-order valence-corrected chi connectivity index (χ3v) is 2.17. The number of hydrogen-bond acceptors (Lipinski definition) is 4. The van der Waals surface area contributed by atoms with Gasteiger partial charge in [0.1, 0.15) is 19.0 Å². The van der Waals surface area contributed by atoms with E-state index in [4.69, 9.17) is 9.84 Å². The average Bonchev–Trinajstić information content (AvgIpc) is 2.70. The minimum atomic E-state index is -0.899. The Morgan fingerprint density at radius 3 is 3.29 bits per heavy atom. The first-order valence-electron chi connectivity index (χ1n) is 4.48. The van der Waals surface area contributed by atoms with Crippen LogP contribution in [0.3, 0.4) is 0 Å². The van der Waals surface area contributed by atoms with Gasteiger partial charge in [-0.15, -0.1) is 10.2 Å². The molecule has 0 saturated carbocycles. The van der Waals surface area contributed by atoms with E-state index in [0.29, 0.717) is 12.4 Å². The molecule has 14 heavy (non-hydrogen) atoms. The molecule has 0 aromatic carbocycles. The van der Waals surface area contributed by atoms with Crippen molar-refractivity contribution in [1.82, 2.24) is 14.8 Å². The molecule has 0 bridgehead atoms. The Hall–Kier alpha value is -1.43. The molecule has 6 nitrogen and oxygen atoms in total. The summed E-state index contributed by atoms with van der Waals surface area (Å²) < 4.78 is 6.92. The minimum Gasteiger partial charge on any atom is -0.480 e. The van der Waals surface area contributed by atoms with Crippen molar-refractivity contribution in [2.75, 3.05) is 6.61 Å². The molecule has 2 rings (SSSR count). The van der Waals surface area contributed by atoms with Gasteiger partial charge in [-0.1, -0.05) is 0 Å². The van der Waals surface area contributed by atoms with Crippen molar-refractivity contribution in [1.29, 1.82) is 0 Å². The fraction of sp³-hybridized carbons (Fsp3) is 0.625.